The highest BCUT2D eigenvalue weighted by Crippen LogP contribution is 2.25. The summed E-state index contributed by atoms with van der Waals surface area (Å²) in [4.78, 5) is 22.7. The van der Waals surface area contributed by atoms with Gasteiger partial charge < -0.3 is 14.8 Å². The molecule has 0 aromatic heterocycles. The molecule has 5 nitrogen and oxygen atoms in total. The number of fused-ring (bicyclic) bond motifs is 1. The molecule has 0 fully saturated rings. The number of nitrogens with one attached hydrogen (secondary N) is 1. The standard InChI is InChI=1S/C16H21NO4/c1-2-20-16(19)8-9-17-15(18)11-21-14-7-6-12-4-3-5-13(12)10-14/h6-7,10H,2-5,8-9,11H2,1H3,(H,17,18). The van der Waals surface area contributed by atoms with Gasteiger partial charge in [0.05, 0.1) is 13.0 Å². The summed E-state index contributed by atoms with van der Waals surface area (Å²) in [5.41, 5.74) is 2.69. The van der Waals surface area contributed by atoms with Crippen molar-refractivity contribution < 1.29 is 19.1 Å². The van der Waals surface area contributed by atoms with Crippen molar-refractivity contribution in [1.82, 2.24) is 5.32 Å². The Hall–Kier alpha value is -2.04. The lowest BCUT2D eigenvalue weighted by Gasteiger charge is -2.08. The number of amides is 1. The molecule has 0 bridgehead atoms. The summed E-state index contributed by atoms with van der Waals surface area (Å²) in [6.45, 7) is 2.34. The summed E-state index contributed by atoms with van der Waals surface area (Å²) in [6.07, 6.45) is 3.58. The molecule has 0 atom stereocenters. The Morgan fingerprint density at radius 3 is 2.86 bits per heavy atom. The van der Waals surface area contributed by atoms with Gasteiger partial charge in [-0.25, -0.2) is 0 Å². The molecule has 0 saturated heterocycles. The van der Waals surface area contributed by atoms with Crippen molar-refractivity contribution in [3.63, 3.8) is 0 Å². The van der Waals surface area contributed by atoms with E-state index < -0.39 is 0 Å². The first-order valence-electron chi connectivity index (χ1n) is 7.36. The minimum absolute atomic E-state index is 0.0401. The zero-order valence-corrected chi connectivity index (χ0v) is 12.3. The molecule has 1 N–H and O–H groups in total. The lowest BCUT2D eigenvalue weighted by molar-refractivity contribution is -0.143. The highest BCUT2D eigenvalue weighted by atomic mass is 16.5. The third-order valence-corrected chi connectivity index (χ3v) is 3.40. The van der Waals surface area contributed by atoms with Crippen molar-refractivity contribution in [3.05, 3.63) is 29.3 Å². The molecule has 1 aliphatic carbocycles. The molecule has 114 valence electrons. The Morgan fingerprint density at radius 2 is 2.05 bits per heavy atom. The first-order valence-corrected chi connectivity index (χ1v) is 7.36. The number of rotatable bonds is 7. The second kappa shape index (κ2) is 7.67. The van der Waals surface area contributed by atoms with Gasteiger partial charge in [-0.2, -0.15) is 0 Å². The summed E-state index contributed by atoms with van der Waals surface area (Å²) >= 11 is 0. The average Bonchev–Trinajstić information content (AvgIpc) is 2.93. The molecule has 0 aliphatic heterocycles. The molecule has 0 radical (unpaired) electrons. The Bertz CT molecular complexity index is 513. The van der Waals surface area contributed by atoms with Crippen molar-refractivity contribution in [2.75, 3.05) is 19.8 Å². The van der Waals surface area contributed by atoms with Crippen LogP contribution in [0.2, 0.25) is 0 Å². The number of carbonyl (C=O) groups is 2. The van der Waals surface area contributed by atoms with E-state index in [2.05, 4.69) is 11.4 Å². The van der Waals surface area contributed by atoms with Gasteiger partial charge >= 0.3 is 5.97 Å². The Balaban J connectivity index is 1.68. The maximum atomic E-state index is 11.6. The van der Waals surface area contributed by atoms with Crippen LogP contribution in [0.4, 0.5) is 0 Å². The van der Waals surface area contributed by atoms with Crippen molar-refractivity contribution in [1.29, 1.82) is 0 Å². The van der Waals surface area contributed by atoms with Crippen LogP contribution < -0.4 is 10.1 Å². The quantitative estimate of drug-likeness (QED) is 0.775. The van der Waals surface area contributed by atoms with Gasteiger partial charge in [0.2, 0.25) is 0 Å². The number of carbonyl (C=O) groups excluding carboxylic acids is 2. The number of benzene rings is 1. The van der Waals surface area contributed by atoms with Gasteiger partial charge in [-0.05, 0) is 49.4 Å². The van der Waals surface area contributed by atoms with Crippen LogP contribution in [0.3, 0.4) is 0 Å². The van der Waals surface area contributed by atoms with Crippen LogP contribution in [-0.4, -0.2) is 31.6 Å². The van der Waals surface area contributed by atoms with E-state index in [9.17, 15) is 9.59 Å². The van der Waals surface area contributed by atoms with Crippen molar-refractivity contribution >= 4 is 11.9 Å². The summed E-state index contributed by atoms with van der Waals surface area (Å²) < 4.78 is 10.2. The van der Waals surface area contributed by atoms with Gasteiger partial charge in [-0.15, -0.1) is 0 Å². The third-order valence-electron chi connectivity index (χ3n) is 3.40. The van der Waals surface area contributed by atoms with Crippen LogP contribution in [0, 0.1) is 0 Å². The molecule has 1 aliphatic rings. The molecular formula is C16H21NO4. The fraction of sp³-hybridized carbons (Fsp3) is 0.500. The predicted octanol–water partition coefficient (Wildman–Crippen LogP) is 1.62. The van der Waals surface area contributed by atoms with Crippen LogP contribution >= 0.6 is 0 Å². The van der Waals surface area contributed by atoms with E-state index in [1.54, 1.807) is 6.92 Å². The van der Waals surface area contributed by atoms with Gasteiger partial charge in [0.15, 0.2) is 6.61 Å². The Morgan fingerprint density at radius 1 is 1.24 bits per heavy atom. The largest absolute Gasteiger partial charge is 0.484 e. The zero-order chi connectivity index (χ0) is 15.1. The normalized spacial score (nSPS) is 12.6. The van der Waals surface area contributed by atoms with Crippen LogP contribution in [-0.2, 0) is 27.2 Å². The molecule has 0 heterocycles. The minimum atomic E-state index is -0.308. The van der Waals surface area contributed by atoms with Gasteiger partial charge in [0, 0.05) is 6.54 Å². The number of ether oxygens (including phenoxy) is 2. The van der Waals surface area contributed by atoms with Crippen LogP contribution in [0.5, 0.6) is 5.75 Å². The fourth-order valence-corrected chi connectivity index (χ4v) is 2.38. The molecular weight excluding hydrogens is 270 g/mol. The van der Waals surface area contributed by atoms with E-state index in [0.29, 0.717) is 6.61 Å². The Kier molecular flexibility index (Phi) is 5.60. The first kappa shape index (κ1) is 15.4. The highest BCUT2D eigenvalue weighted by Gasteiger charge is 2.12. The zero-order valence-electron chi connectivity index (χ0n) is 12.3. The topological polar surface area (TPSA) is 64.6 Å². The molecule has 0 unspecified atom stereocenters. The average molecular weight is 291 g/mol. The summed E-state index contributed by atoms with van der Waals surface area (Å²) in [6, 6.07) is 5.97. The highest BCUT2D eigenvalue weighted by molar-refractivity contribution is 5.78. The molecule has 1 aromatic rings. The fourth-order valence-electron chi connectivity index (χ4n) is 2.38. The molecule has 0 spiro atoms. The molecule has 5 heteroatoms. The lowest BCUT2D eigenvalue weighted by Crippen LogP contribution is -2.31. The summed E-state index contributed by atoms with van der Waals surface area (Å²) in [7, 11) is 0. The van der Waals surface area contributed by atoms with Crippen LogP contribution in [0.25, 0.3) is 0 Å². The van der Waals surface area contributed by atoms with Crippen LogP contribution in [0.1, 0.15) is 30.9 Å². The first-order chi connectivity index (χ1) is 10.2. The van der Waals surface area contributed by atoms with E-state index in [1.165, 1.54) is 17.5 Å². The minimum Gasteiger partial charge on any atom is -0.484 e. The monoisotopic (exact) mass is 291 g/mol. The molecule has 2 rings (SSSR count). The van der Waals surface area contributed by atoms with Gasteiger partial charge in [0.1, 0.15) is 5.75 Å². The number of hydrogen-bond donors (Lipinski definition) is 1. The second-order valence-corrected chi connectivity index (χ2v) is 4.98. The van der Waals surface area contributed by atoms with Crippen molar-refractivity contribution in [3.8, 4) is 5.75 Å². The van der Waals surface area contributed by atoms with Gasteiger partial charge in [0.25, 0.3) is 5.91 Å². The van der Waals surface area contributed by atoms with E-state index in [1.807, 2.05) is 12.1 Å². The predicted molar refractivity (Wildman–Crippen MR) is 78.2 cm³/mol. The van der Waals surface area contributed by atoms with E-state index >= 15 is 0 Å². The maximum absolute atomic E-state index is 11.6. The third kappa shape index (κ3) is 4.77. The number of hydrogen-bond acceptors (Lipinski definition) is 4. The summed E-state index contributed by atoms with van der Waals surface area (Å²) in [5, 5.41) is 2.63. The van der Waals surface area contributed by atoms with Crippen molar-refractivity contribution in [2.24, 2.45) is 0 Å². The second-order valence-electron chi connectivity index (χ2n) is 4.98. The van der Waals surface area contributed by atoms with Crippen LogP contribution in [0.15, 0.2) is 18.2 Å². The van der Waals surface area contributed by atoms with Gasteiger partial charge in [-0.1, -0.05) is 6.07 Å². The van der Waals surface area contributed by atoms with E-state index in [-0.39, 0.29) is 31.4 Å². The number of aryl methyl sites for hydroxylation is 2. The molecule has 1 aromatic carbocycles. The Labute approximate surface area is 124 Å². The molecule has 1 amide bonds. The van der Waals surface area contributed by atoms with Crippen molar-refractivity contribution in [2.45, 2.75) is 32.6 Å². The molecule has 21 heavy (non-hydrogen) atoms. The van der Waals surface area contributed by atoms with E-state index in [4.69, 9.17) is 9.47 Å². The SMILES string of the molecule is CCOC(=O)CCNC(=O)COc1ccc2c(c1)CCC2. The van der Waals surface area contributed by atoms with E-state index in [0.717, 1.165) is 18.6 Å². The number of esters is 1. The smallest absolute Gasteiger partial charge is 0.307 e. The van der Waals surface area contributed by atoms with Gasteiger partial charge in [-0.3, -0.25) is 9.59 Å². The lowest BCUT2D eigenvalue weighted by atomic mass is 10.1. The maximum Gasteiger partial charge on any atom is 0.307 e. The molecule has 0 saturated carbocycles. The summed E-state index contributed by atoms with van der Waals surface area (Å²) in [5.74, 6) is 0.174.